The van der Waals surface area contributed by atoms with Crippen LogP contribution >= 0.6 is 22.6 Å². The van der Waals surface area contributed by atoms with Crippen molar-refractivity contribution in [3.8, 4) is 11.4 Å². The SMILES string of the molecule is C[n+]1ccccc1-c1ncccc1I. The van der Waals surface area contributed by atoms with Crippen LogP contribution in [-0.4, -0.2) is 4.98 Å². The third-order valence-electron chi connectivity index (χ3n) is 2.06. The minimum absolute atomic E-state index is 1.04. The van der Waals surface area contributed by atoms with Gasteiger partial charge in [-0.2, -0.15) is 4.57 Å². The highest BCUT2D eigenvalue weighted by Gasteiger charge is 2.12. The summed E-state index contributed by atoms with van der Waals surface area (Å²) in [6.07, 6.45) is 3.85. The van der Waals surface area contributed by atoms with Gasteiger partial charge in [-0.1, -0.05) is 0 Å². The molecule has 0 aliphatic heterocycles. The molecule has 0 N–H and O–H groups in total. The van der Waals surface area contributed by atoms with E-state index in [1.54, 1.807) is 0 Å². The van der Waals surface area contributed by atoms with Gasteiger partial charge in [-0.3, -0.25) is 0 Å². The molecule has 3 heteroatoms. The maximum atomic E-state index is 4.38. The summed E-state index contributed by atoms with van der Waals surface area (Å²) in [6.45, 7) is 0. The van der Waals surface area contributed by atoms with Gasteiger partial charge in [0.2, 0.25) is 5.69 Å². The Balaban J connectivity index is 2.61. The second-order valence-electron chi connectivity index (χ2n) is 3.03. The van der Waals surface area contributed by atoms with E-state index in [2.05, 4.69) is 44.3 Å². The summed E-state index contributed by atoms with van der Waals surface area (Å²) in [5.41, 5.74) is 2.17. The smallest absolute Gasteiger partial charge is 0.231 e. The van der Waals surface area contributed by atoms with Gasteiger partial charge in [-0.25, -0.2) is 4.98 Å². The summed E-state index contributed by atoms with van der Waals surface area (Å²) in [7, 11) is 2.03. The monoisotopic (exact) mass is 297 g/mol. The van der Waals surface area contributed by atoms with E-state index in [9.17, 15) is 0 Å². The van der Waals surface area contributed by atoms with E-state index in [1.807, 2.05) is 37.6 Å². The van der Waals surface area contributed by atoms with Crippen molar-refractivity contribution in [3.05, 3.63) is 46.3 Å². The van der Waals surface area contributed by atoms with Gasteiger partial charge in [0.25, 0.3) is 0 Å². The van der Waals surface area contributed by atoms with E-state index >= 15 is 0 Å². The quantitative estimate of drug-likeness (QED) is 0.582. The molecular formula is C11H10IN2+. The number of hydrogen-bond donors (Lipinski definition) is 0. The normalized spacial score (nSPS) is 10.1. The summed E-state index contributed by atoms with van der Waals surface area (Å²) in [4.78, 5) is 4.38. The second-order valence-corrected chi connectivity index (χ2v) is 4.19. The fourth-order valence-corrected chi connectivity index (χ4v) is 1.97. The van der Waals surface area contributed by atoms with E-state index in [0.29, 0.717) is 0 Å². The standard InChI is InChI=1S/C11H10IN2/c1-14-8-3-2-6-10(14)11-9(12)5-4-7-13-11/h2-8H,1H3/q+1. The first kappa shape index (κ1) is 9.58. The molecule has 2 aromatic rings. The Morgan fingerprint density at radius 3 is 2.79 bits per heavy atom. The first-order valence-corrected chi connectivity index (χ1v) is 5.42. The van der Waals surface area contributed by atoms with E-state index in [4.69, 9.17) is 0 Å². The average Bonchev–Trinajstić information content (AvgIpc) is 2.20. The largest absolute Gasteiger partial charge is 0.249 e. The molecule has 14 heavy (non-hydrogen) atoms. The Labute approximate surface area is 96.8 Å². The van der Waals surface area contributed by atoms with Crippen molar-refractivity contribution in [2.24, 2.45) is 7.05 Å². The van der Waals surface area contributed by atoms with Crippen LogP contribution in [0.25, 0.3) is 11.4 Å². The first-order chi connectivity index (χ1) is 6.79. The van der Waals surface area contributed by atoms with Gasteiger partial charge < -0.3 is 0 Å². The summed E-state index contributed by atoms with van der Waals surface area (Å²) in [6, 6.07) is 10.1. The highest BCUT2D eigenvalue weighted by molar-refractivity contribution is 14.1. The van der Waals surface area contributed by atoms with E-state index in [0.717, 1.165) is 11.4 Å². The average molecular weight is 297 g/mol. The Morgan fingerprint density at radius 1 is 1.21 bits per heavy atom. The van der Waals surface area contributed by atoms with Crippen LogP contribution in [-0.2, 0) is 7.05 Å². The van der Waals surface area contributed by atoms with Gasteiger partial charge in [0.05, 0.1) is 0 Å². The fourth-order valence-electron chi connectivity index (χ4n) is 1.34. The molecule has 0 bridgehead atoms. The van der Waals surface area contributed by atoms with Gasteiger partial charge in [-0.05, 0) is 40.8 Å². The van der Waals surface area contributed by atoms with Crippen molar-refractivity contribution >= 4 is 22.6 Å². The molecule has 2 rings (SSSR count). The van der Waals surface area contributed by atoms with Crippen LogP contribution in [0, 0.1) is 3.57 Å². The van der Waals surface area contributed by atoms with Crippen LogP contribution in [0.1, 0.15) is 0 Å². The molecule has 0 fully saturated rings. The Morgan fingerprint density at radius 2 is 2.07 bits per heavy atom. The third kappa shape index (κ3) is 1.77. The highest BCUT2D eigenvalue weighted by atomic mass is 127. The molecule has 0 aliphatic rings. The number of aromatic nitrogens is 2. The molecular weight excluding hydrogens is 287 g/mol. The molecule has 0 atom stereocenters. The Hall–Kier alpha value is -0.970. The van der Waals surface area contributed by atoms with Gasteiger partial charge in [0.1, 0.15) is 12.7 Å². The zero-order valence-electron chi connectivity index (χ0n) is 7.81. The van der Waals surface area contributed by atoms with Crippen molar-refractivity contribution in [2.75, 3.05) is 0 Å². The van der Waals surface area contributed by atoms with Crippen LogP contribution in [0.3, 0.4) is 0 Å². The maximum absolute atomic E-state index is 4.38. The van der Waals surface area contributed by atoms with E-state index in [1.165, 1.54) is 3.57 Å². The number of nitrogens with zero attached hydrogens (tertiary/aromatic N) is 2. The minimum Gasteiger partial charge on any atom is -0.249 e. The Kier molecular flexibility index (Phi) is 2.77. The first-order valence-electron chi connectivity index (χ1n) is 4.34. The fraction of sp³-hybridized carbons (Fsp3) is 0.0909. The van der Waals surface area contributed by atoms with E-state index < -0.39 is 0 Å². The van der Waals surface area contributed by atoms with Gasteiger partial charge in [0, 0.05) is 21.9 Å². The maximum Gasteiger partial charge on any atom is 0.231 e. The molecule has 0 spiro atoms. The molecule has 0 unspecified atom stereocenters. The predicted molar refractivity (Wildman–Crippen MR) is 63.6 cm³/mol. The Bertz CT molecular complexity index is 411. The van der Waals surface area contributed by atoms with Crippen LogP contribution in [0.5, 0.6) is 0 Å². The molecule has 0 aromatic carbocycles. The lowest BCUT2D eigenvalue weighted by Gasteiger charge is -2.00. The number of pyridine rings is 2. The molecule has 0 amide bonds. The molecule has 0 saturated heterocycles. The molecule has 2 aromatic heterocycles. The van der Waals surface area contributed by atoms with Gasteiger partial charge in [-0.15, -0.1) is 0 Å². The summed E-state index contributed by atoms with van der Waals surface area (Å²) in [5, 5.41) is 0. The number of rotatable bonds is 1. The zero-order chi connectivity index (χ0) is 9.97. The third-order valence-corrected chi connectivity index (χ3v) is 2.93. The second kappa shape index (κ2) is 4.04. The number of hydrogen-bond acceptors (Lipinski definition) is 1. The van der Waals surface area contributed by atoms with Crippen molar-refractivity contribution in [1.29, 1.82) is 0 Å². The molecule has 70 valence electrons. The van der Waals surface area contributed by atoms with Crippen LogP contribution in [0.15, 0.2) is 42.7 Å². The molecule has 0 aliphatic carbocycles. The molecule has 0 saturated carbocycles. The topological polar surface area (TPSA) is 16.8 Å². The zero-order valence-corrected chi connectivity index (χ0v) is 9.97. The summed E-state index contributed by atoms with van der Waals surface area (Å²) >= 11 is 2.30. The molecule has 0 radical (unpaired) electrons. The highest BCUT2D eigenvalue weighted by Crippen LogP contribution is 2.18. The lowest BCUT2D eigenvalue weighted by molar-refractivity contribution is -0.660. The number of aryl methyl sites for hydroxylation is 1. The van der Waals surface area contributed by atoms with Crippen LogP contribution in [0.2, 0.25) is 0 Å². The van der Waals surface area contributed by atoms with Gasteiger partial charge in [0.15, 0.2) is 6.20 Å². The van der Waals surface area contributed by atoms with Crippen molar-refractivity contribution in [3.63, 3.8) is 0 Å². The van der Waals surface area contributed by atoms with Crippen LogP contribution in [0.4, 0.5) is 0 Å². The summed E-state index contributed by atoms with van der Waals surface area (Å²) in [5.74, 6) is 0. The molecule has 2 heterocycles. The minimum atomic E-state index is 1.04. The predicted octanol–water partition coefficient (Wildman–Crippen LogP) is 2.18. The molecule has 2 nitrogen and oxygen atoms in total. The number of halogens is 1. The van der Waals surface area contributed by atoms with Crippen molar-refractivity contribution in [1.82, 2.24) is 4.98 Å². The van der Waals surface area contributed by atoms with E-state index in [-0.39, 0.29) is 0 Å². The van der Waals surface area contributed by atoms with Crippen LogP contribution < -0.4 is 4.57 Å². The lowest BCUT2D eigenvalue weighted by atomic mass is 10.2. The summed E-state index contributed by atoms with van der Waals surface area (Å²) < 4.78 is 3.25. The lowest BCUT2D eigenvalue weighted by Crippen LogP contribution is -2.30. The van der Waals surface area contributed by atoms with Crippen molar-refractivity contribution < 1.29 is 4.57 Å². The van der Waals surface area contributed by atoms with Gasteiger partial charge >= 0.3 is 0 Å². The van der Waals surface area contributed by atoms with Crippen molar-refractivity contribution in [2.45, 2.75) is 0 Å².